The Morgan fingerprint density at radius 2 is 1.32 bits per heavy atom. The monoisotopic (exact) mass is 1740 g/mol. The number of halogens is 2. The second-order valence-electron chi connectivity index (χ2n) is 28.6. The number of aliphatic hydroxyl groups excluding tert-OH is 1. The Balaban J connectivity index is 0.645. The number of hydrogen-bond donors (Lipinski definition) is 7. The molecule has 4 unspecified atom stereocenters. The van der Waals surface area contributed by atoms with Crippen LogP contribution in [0.2, 0.25) is 0 Å². The number of imide groups is 1. The third-order valence-electron chi connectivity index (χ3n) is 19.7. The van der Waals surface area contributed by atoms with E-state index in [4.69, 9.17) is 70.2 Å². The van der Waals surface area contributed by atoms with E-state index in [1.165, 1.54) is 29.8 Å². The van der Waals surface area contributed by atoms with E-state index >= 15 is 8.78 Å². The molecule has 0 spiro atoms. The lowest BCUT2D eigenvalue weighted by atomic mass is 10.0. The number of aliphatic hydroxyl groups is 1. The molecule has 0 radical (unpaired) electrons. The van der Waals surface area contributed by atoms with E-state index in [1.807, 2.05) is 6.92 Å². The molecule has 8 amide bonds. The quantitative estimate of drug-likeness (QED) is 0.0157. The van der Waals surface area contributed by atoms with Gasteiger partial charge >= 0.3 is 22.6 Å². The molecule has 41 nitrogen and oxygen atoms in total. The number of nitrogens with zero attached hydrogens (tertiary/aromatic N) is 8. The van der Waals surface area contributed by atoms with Gasteiger partial charge in [-0.05, 0) is 67.9 Å². The summed E-state index contributed by atoms with van der Waals surface area (Å²) >= 11 is 0. The van der Waals surface area contributed by atoms with Gasteiger partial charge in [-0.2, -0.15) is 0 Å². The van der Waals surface area contributed by atoms with Crippen molar-refractivity contribution in [2.24, 2.45) is 11.8 Å². The largest absolute Gasteiger partial charge is 0.698 e. The predicted octanol–water partition coefficient (Wildman–Crippen LogP) is 4.53. The highest BCUT2D eigenvalue weighted by atomic mass is 31.1. The normalized spacial score (nSPS) is 21.4. The number of amides is 8. The Hall–Kier alpha value is -9.37. The van der Waals surface area contributed by atoms with Gasteiger partial charge in [-0.25, -0.2) is 33.5 Å². The van der Waals surface area contributed by atoms with E-state index in [9.17, 15) is 57.4 Å². The number of hydrogen-bond acceptors (Lipinski definition) is 31. The molecule has 8 heterocycles. The standard InChI is InChI=1S/C76H100F2N14O27P2/c1-7-48-36-57(94)90(73(48)101)20-11-10-14-53(86-56(93)19-21-106-24-25-108-28-29-110-32-33-112-35-34-111-31-30-109-27-26-107-23-22-105-6)70(98)87-60(45(2)3)72(100)84-46(4)68(96)85-50-17-15-47(16-18-50)39-113-76(102)89(5)37-49-12-8-9-13-51(49)69(97)88-65-61-67(81-42-79-65)92(44-83-61)74-59(78)63-55(117-74)41-115-121(104)119-64-62(95)54(40-114-120(103)118-63)116-75(64)91-38-52(77)58-66(91)80-43-82-71(58)99/h8-9,12-13,15-18,38,42-46,48,53-55,59-60,62-64,74-75,95H,7,10-11,14,19-37,39-41H2,1-6H3,(H4-2,79,80,81,82,84,85,86,87,88,93,96,97,98,99,100)/p+2/t46-,48?,53-,54+,55+,59+,60-,62+,63+,64+,74+,75?/m0/s1. The van der Waals surface area contributed by atoms with E-state index in [-0.39, 0.29) is 105 Å². The van der Waals surface area contributed by atoms with Gasteiger partial charge in [0.15, 0.2) is 59.3 Å². The molecule has 0 aliphatic carbocycles. The van der Waals surface area contributed by atoms with E-state index in [0.29, 0.717) is 115 Å². The smallest absolute Gasteiger partial charge is 0.445 e. The zero-order valence-electron chi connectivity index (χ0n) is 67.6. The number of aromatic nitrogens is 7. The minimum absolute atomic E-state index is 0.00475. The van der Waals surface area contributed by atoms with Gasteiger partial charge in [0.05, 0.1) is 112 Å². The minimum atomic E-state index is -3.22. The van der Waals surface area contributed by atoms with Crippen LogP contribution in [0.3, 0.4) is 0 Å². The number of likely N-dealkylation sites (tertiary alicyclic amines) is 1. The van der Waals surface area contributed by atoms with Crippen LogP contribution in [0.25, 0.3) is 22.2 Å². The summed E-state index contributed by atoms with van der Waals surface area (Å²) in [5.74, 6) is -5.67. The van der Waals surface area contributed by atoms with Crippen LogP contribution < -0.4 is 32.1 Å². The highest BCUT2D eigenvalue weighted by molar-refractivity contribution is 7.33. The molecule has 45 heteroatoms. The third kappa shape index (κ3) is 26.6. The summed E-state index contributed by atoms with van der Waals surface area (Å²) in [5, 5.41) is 24.4. The van der Waals surface area contributed by atoms with Crippen molar-refractivity contribution in [3.63, 3.8) is 0 Å². The number of anilines is 2. The zero-order valence-corrected chi connectivity index (χ0v) is 69.4. The van der Waals surface area contributed by atoms with Crippen LogP contribution in [0, 0.1) is 17.7 Å². The van der Waals surface area contributed by atoms with Gasteiger partial charge in [0.1, 0.15) is 68.0 Å². The molecule has 6 aromatic rings. The molecule has 7 N–H and O–H groups in total. The maximum absolute atomic E-state index is 16.7. The number of rotatable bonds is 46. The van der Waals surface area contributed by atoms with Crippen LogP contribution in [-0.2, 0) is 121 Å². The Morgan fingerprint density at radius 1 is 0.702 bits per heavy atom. The first-order valence-corrected chi connectivity index (χ1v) is 41.6. The number of fused-ring (bicyclic) bond motifs is 5. The number of unbranched alkanes of at least 4 members (excludes halogenated alkanes) is 1. The second kappa shape index (κ2) is 47.3. The summed E-state index contributed by atoms with van der Waals surface area (Å²) in [5.41, 5.74) is 0.219. The van der Waals surface area contributed by atoms with Crippen LogP contribution >= 0.6 is 16.5 Å². The summed E-state index contributed by atoms with van der Waals surface area (Å²) in [4.78, 5) is 142. The topological polar surface area (TPSA) is 490 Å². The van der Waals surface area contributed by atoms with E-state index in [2.05, 4.69) is 51.5 Å². The maximum atomic E-state index is 16.7. The van der Waals surface area contributed by atoms with E-state index in [1.54, 1.807) is 63.4 Å². The molecule has 2 bridgehead atoms. The number of H-pyrrole nitrogens is 1. The Bertz CT molecular complexity index is 4550. The average Bonchev–Trinajstić information content (AvgIpc) is 1.61. The second-order valence-corrected chi connectivity index (χ2v) is 30.4. The van der Waals surface area contributed by atoms with Crippen molar-refractivity contribution in [1.82, 2.24) is 59.8 Å². The lowest BCUT2D eigenvalue weighted by molar-refractivity contribution is -0.139. The van der Waals surface area contributed by atoms with Crippen molar-refractivity contribution in [3.8, 4) is 0 Å². The lowest BCUT2D eigenvalue weighted by Crippen LogP contribution is -2.57. The van der Waals surface area contributed by atoms with Crippen molar-refractivity contribution in [2.75, 3.05) is 144 Å². The summed E-state index contributed by atoms with van der Waals surface area (Å²) in [6.07, 6.45) is -8.50. The SMILES string of the molecule is CCC1CC(=O)N(CCCC[C@H](NC(=O)CCOCCOCCOCCOCCOCCOCCOCCOC)C(=O)N[C@H](C(=O)N[C@@H](C)C(=O)Nc2ccc(COC(=O)N(C)Cc3ccccc3C(=O)Nc3ncnc4c3ncn4[C@@H]3O[C@@H]4CO[P+](=O)O[C@H]5C(n6cc(F)c7c(=O)[nH]cnc76)O[C@H](CO[P+](=O)O[C@H]4[C@H]3F)[C@H]5O)cc2)C(C)C)C1=O. The number of carbonyl (C=O) groups is 8. The van der Waals surface area contributed by atoms with Crippen molar-refractivity contribution in [2.45, 2.75) is 147 Å². The first kappa shape index (κ1) is 93.9. The number of aromatic amines is 1. The number of nitrogens with one attached hydrogen (secondary N) is 6. The van der Waals surface area contributed by atoms with Crippen LogP contribution in [0.1, 0.15) is 100 Å². The fraction of sp³-hybridized carbons (Fsp3) is 0.592. The molecule has 0 saturated carbocycles. The molecule has 14 atom stereocenters. The van der Waals surface area contributed by atoms with Gasteiger partial charge < -0.3 is 93.7 Å². The molecule has 4 aromatic heterocycles. The molecular formula is C76H102F2N14O27P2+2. The van der Waals surface area contributed by atoms with Crippen LogP contribution in [0.5, 0.6) is 0 Å². The number of benzene rings is 2. The zero-order chi connectivity index (χ0) is 86.5. The summed E-state index contributed by atoms with van der Waals surface area (Å²) in [6, 6.07) is 9.25. The molecule has 660 valence electrons. The first-order valence-electron chi connectivity index (χ1n) is 39.5. The van der Waals surface area contributed by atoms with E-state index in [0.717, 1.165) is 34.3 Å². The van der Waals surface area contributed by atoms with Crippen molar-refractivity contribution in [3.05, 3.63) is 107 Å². The van der Waals surface area contributed by atoms with E-state index < -0.39 is 155 Å². The molecule has 4 saturated heterocycles. The maximum Gasteiger partial charge on any atom is 0.698 e. The molecular weight excluding hydrogens is 1640 g/mol. The Kier molecular flexibility index (Phi) is 36.7. The summed E-state index contributed by atoms with van der Waals surface area (Å²) < 4.78 is 144. The summed E-state index contributed by atoms with van der Waals surface area (Å²) in [7, 11) is -3.37. The molecule has 10 rings (SSSR count). The van der Waals surface area contributed by atoms with Crippen molar-refractivity contribution in [1.29, 1.82) is 0 Å². The summed E-state index contributed by atoms with van der Waals surface area (Å²) in [6.45, 7) is 10.6. The van der Waals surface area contributed by atoms with Gasteiger partial charge in [0, 0.05) is 72.6 Å². The molecule has 4 aliphatic rings. The fourth-order valence-electron chi connectivity index (χ4n) is 13.2. The number of ether oxygens (including phenoxy) is 11. The average molecular weight is 1740 g/mol. The Labute approximate surface area is 695 Å². The van der Waals surface area contributed by atoms with Gasteiger partial charge in [0.25, 0.3) is 11.5 Å². The molecule has 4 fully saturated rings. The number of imidazole rings is 1. The molecule has 121 heavy (non-hydrogen) atoms. The van der Waals surface area contributed by atoms with Gasteiger partial charge in [0.2, 0.25) is 35.4 Å². The van der Waals surface area contributed by atoms with Gasteiger partial charge in [-0.15, -0.1) is 18.1 Å². The first-order chi connectivity index (χ1) is 58.4. The predicted molar refractivity (Wildman–Crippen MR) is 420 cm³/mol. The third-order valence-corrected chi connectivity index (χ3v) is 21.3. The number of methoxy groups -OCH3 is 1. The molecule has 4 aliphatic heterocycles. The number of carbonyl (C=O) groups excluding carboxylic acids is 8. The highest BCUT2D eigenvalue weighted by Crippen LogP contribution is 2.46. The van der Waals surface area contributed by atoms with Gasteiger partial charge in [-0.3, -0.25) is 52.4 Å². The Morgan fingerprint density at radius 3 is 1.96 bits per heavy atom. The van der Waals surface area contributed by atoms with Crippen molar-refractivity contribution >= 4 is 97.7 Å². The lowest BCUT2D eigenvalue weighted by Gasteiger charge is -2.26. The highest BCUT2D eigenvalue weighted by Gasteiger charge is 2.57. The fourth-order valence-corrected chi connectivity index (χ4v) is 14.7. The minimum Gasteiger partial charge on any atom is -0.445 e. The van der Waals surface area contributed by atoms with Crippen LogP contribution in [-0.4, -0.2) is 284 Å². The van der Waals surface area contributed by atoms with Crippen molar-refractivity contribution < 1.29 is 132 Å². The number of alkyl halides is 1. The molecule has 2 aromatic carbocycles. The van der Waals surface area contributed by atoms with Crippen LogP contribution in [0.15, 0.2) is 78.5 Å². The van der Waals surface area contributed by atoms with Gasteiger partial charge in [-0.1, -0.05) is 51.1 Å². The van der Waals surface area contributed by atoms with Crippen LogP contribution in [0.4, 0.5) is 25.1 Å².